The quantitative estimate of drug-likeness (QED) is 0.781. The monoisotopic (exact) mass is 371 g/mol. The van der Waals surface area contributed by atoms with Crippen molar-refractivity contribution in [3.8, 4) is 0 Å². The Morgan fingerprint density at radius 1 is 0.704 bits per heavy atom. The molecule has 4 rings (SSSR count). The minimum Gasteiger partial charge on any atom is -0.341 e. The first kappa shape index (κ1) is 17.8. The van der Waals surface area contributed by atoms with Gasteiger partial charge in [-0.05, 0) is 50.7 Å². The third-order valence-corrected chi connectivity index (χ3v) is 5.07. The lowest BCUT2D eigenvalue weighted by atomic mass is 10.1. The van der Waals surface area contributed by atoms with Gasteiger partial charge in [0, 0.05) is 26.2 Å². The maximum Gasteiger partial charge on any atom is 0.248 e. The van der Waals surface area contributed by atoms with E-state index < -0.39 is 0 Å². The summed E-state index contributed by atoms with van der Waals surface area (Å²) in [5.74, 6) is 1.48. The van der Waals surface area contributed by atoms with Gasteiger partial charge in [-0.3, -0.25) is 10.9 Å². The zero-order valence-electron chi connectivity index (χ0n) is 15.5. The first-order valence-corrected chi connectivity index (χ1v) is 9.82. The highest BCUT2D eigenvalue weighted by Crippen LogP contribution is 2.23. The van der Waals surface area contributed by atoms with Crippen LogP contribution in [0.4, 0.5) is 27.9 Å². The minimum atomic E-state index is -0.327. The Kier molecular flexibility index (Phi) is 5.50. The van der Waals surface area contributed by atoms with Gasteiger partial charge in [0.2, 0.25) is 17.8 Å². The maximum atomic E-state index is 13.9. The summed E-state index contributed by atoms with van der Waals surface area (Å²) in [5, 5.41) is 0. The third kappa shape index (κ3) is 4.37. The third-order valence-electron chi connectivity index (χ3n) is 5.07. The molecule has 2 saturated heterocycles. The lowest BCUT2D eigenvalue weighted by Gasteiger charge is -2.30. The molecular formula is C19H26FN7. The van der Waals surface area contributed by atoms with Gasteiger partial charge in [-0.1, -0.05) is 12.1 Å². The van der Waals surface area contributed by atoms with E-state index in [0.717, 1.165) is 51.9 Å². The van der Waals surface area contributed by atoms with Gasteiger partial charge in [0.25, 0.3) is 0 Å². The zero-order valence-corrected chi connectivity index (χ0v) is 15.5. The van der Waals surface area contributed by atoms with Crippen molar-refractivity contribution in [3.63, 3.8) is 0 Å². The van der Waals surface area contributed by atoms with Crippen LogP contribution in [-0.2, 0) is 0 Å². The summed E-state index contributed by atoms with van der Waals surface area (Å²) in [5.41, 5.74) is 6.19. The van der Waals surface area contributed by atoms with Gasteiger partial charge in [-0.2, -0.15) is 15.0 Å². The number of piperidine rings is 2. The number of hydrogen-bond acceptors (Lipinski definition) is 7. The van der Waals surface area contributed by atoms with Crippen LogP contribution in [0.5, 0.6) is 0 Å². The molecule has 7 nitrogen and oxygen atoms in total. The molecular weight excluding hydrogens is 345 g/mol. The number of halogens is 1. The molecule has 8 heteroatoms. The van der Waals surface area contributed by atoms with Crippen LogP contribution in [0.25, 0.3) is 0 Å². The van der Waals surface area contributed by atoms with Crippen molar-refractivity contribution in [1.82, 2.24) is 15.0 Å². The normalized spacial score (nSPS) is 17.7. The minimum absolute atomic E-state index is 0.327. The highest BCUT2D eigenvalue weighted by Gasteiger charge is 2.20. The van der Waals surface area contributed by atoms with Gasteiger partial charge in [-0.15, -0.1) is 0 Å². The summed E-state index contributed by atoms with van der Waals surface area (Å²) < 4.78 is 13.9. The topological polar surface area (TPSA) is 69.2 Å². The van der Waals surface area contributed by atoms with Gasteiger partial charge >= 0.3 is 0 Å². The number of rotatable bonds is 5. The number of anilines is 4. The van der Waals surface area contributed by atoms with E-state index in [1.165, 1.54) is 18.9 Å². The number of hydrogen-bond donors (Lipinski definition) is 2. The standard InChI is InChI=1S/C19H26FN7/c20-15-9-3-4-10-16(15)24-25-17-21-18(26-11-5-1-6-12-26)23-19(22-17)27-13-7-2-8-14-27/h3-4,9-10,24H,1-2,5-8,11-14H2,(H,21,22,23,25). The fourth-order valence-electron chi connectivity index (χ4n) is 3.57. The molecule has 0 spiro atoms. The molecule has 2 aliphatic heterocycles. The van der Waals surface area contributed by atoms with Crippen LogP contribution in [0.1, 0.15) is 38.5 Å². The number of nitrogens with one attached hydrogen (secondary N) is 2. The van der Waals surface area contributed by atoms with Crippen molar-refractivity contribution < 1.29 is 4.39 Å². The summed E-state index contributed by atoms with van der Waals surface area (Å²) in [6, 6.07) is 6.52. The van der Waals surface area contributed by atoms with E-state index in [0.29, 0.717) is 23.5 Å². The van der Waals surface area contributed by atoms with Gasteiger partial charge in [0.05, 0.1) is 5.69 Å². The molecule has 144 valence electrons. The van der Waals surface area contributed by atoms with E-state index in [4.69, 9.17) is 4.98 Å². The average Bonchev–Trinajstić information content (AvgIpc) is 2.74. The van der Waals surface area contributed by atoms with Crippen molar-refractivity contribution in [3.05, 3.63) is 30.1 Å². The molecule has 0 amide bonds. The Labute approximate surface area is 159 Å². The number of para-hydroxylation sites is 1. The largest absolute Gasteiger partial charge is 0.341 e. The highest BCUT2D eigenvalue weighted by molar-refractivity contribution is 5.51. The van der Waals surface area contributed by atoms with Crippen molar-refractivity contribution in [2.75, 3.05) is 46.8 Å². The summed E-state index contributed by atoms with van der Waals surface area (Å²) in [6.07, 6.45) is 7.12. The fourth-order valence-corrected chi connectivity index (χ4v) is 3.57. The summed E-state index contributed by atoms with van der Waals surface area (Å²) in [7, 11) is 0. The van der Waals surface area contributed by atoms with Crippen molar-refractivity contribution in [2.24, 2.45) is 0 Å². The first-order valence-electron chi connectivity index (χ1n) is 9.82. The van der Waals surface area contributed by atoms with E-state index in [9.17, 15) is 4.39 Å². The van der Waals surface area contributed by atoms with Crippen molar-refractivity contribution in [1.29, 1.82) is 0 Å². The molecule has 0 radical (unpaired) electrons. The maximum absolute atomic E-state index is 13.9. The van der Waals surface area contributed by atoms with Crippen LogP contribution in [0, 0.1) is 5.82 Å². The SMILES string of the molecule is Fc1ccccc1NNc1nc(N2CCCCC2)nc(N2CCCCC2)n1. The molecule has 0 atom stereocenters. The van der Waals surface area contributed by atoms with E-state index in [1.807, 2.05) is 0 Å². The van der Waals surface area contributed by atoms with Crippen LogP contribution in [0.2, 0.25) is 0 Å². The van der Waals surface area contributed by atoms with E-state index in [2.05, 4.69) is 30.6 Å². The molecule has 0 saturated carbocycles. The van der Waals surface area contributed by atoms with E-state index in [-0.39, 0.29) is 5.82 Å². The fraction of sp³-hybridized carbons (Fsp3) is 0.526. The average molecular weight is 371 g/mol. The summed E-state index contributed by atoms with van der Waals surface area (Å²) >= 11 is 0. The van der Waals surface area contributed by atoms with Crippen molar-refractivity contribution >= 4 is 23.5 Å². The molecule has 2 aliphatic rings. The second-order valence-electron chi connectivity index (χ2n) is 7.08. The van der Waals surface area contributed by atoms with Gasteiger partial charge in [0.15, 0.2) is 0 Å². The Balaban J connectivity index is 1.57. The summed E-state index contributed by atoms with van der Waals surface area (Å²) in [6.45, 7) is 3.85. The Morgan fingerprint density at radius 3 is 1.81 bits per heavy atom. The molecule has 0 unspecified atom stereocenters. The van der Waals surface area contributed by atoms with Crippen LogP contribution < -0.4 is 20.7 Å². The molecule has 0 aliphatic carbocycles. The van der Waals surface area contributed by atoms with Crippen LogP contribution in [0.3, 0.4) is 0 Å². The second-order valence-corrected chi connectivity index (χ2v) is 7.08. The smallest absolute Gasteiger partial charge is 0.248 e. The van der Waals surface area contributed by atoms with E-state index >= 15 is 0 Å². The van der Waals surface area contributed by atoms with Gasteiger partial charge in [-0.25, -0.2) is 4.39 Å². The number of nitrogens with zero attached hydrogens (tertiary/aromatic N) is 5. The predicted octanol–water partition coefficient (Wildman–Crippen LogP) is 3.43. The molecule has 2 N–H and O–H groups in total. The van der Waals surface area contributed by atoms with Gasteiger partial charge in [0.1, 0.15) is 5.82 Å². The second kappa shape index (κ2) is 8.37. The molecule has 3 heterocycles. The zero-order chi connectivity index (χ0) is 18.5. The number of hydrazine groups is 1. The van der Waals surface area contributed by atoms with Crippen LogP contribution >= 0.6 is 0 Å². The van der Waals surface area contributed by atoms with Crippen molar-refractivity contribution in [2.45, 2.75) is 38.5 Å². The Bertz CT molecular complexity index is 721. The van der Waals surface area contributed by atoms with Crippen LogP contribution in [0.15, 0.2) is 24.3 Å². The first-order chi connectivity index (χ1) is 13.3. The number of aromatic nitrogens is 3. The summed E-state index contributed by atoms with van der Waals surface area (Å²) in [4.78, 5) is 18.3. The molecule has 1 aromatic carbocycles. The molecule has 2 aromatic rings. The molecule has 0 bridgehead atoms. The predicted molar refractivity (Wildman–Crippen MR) is 106 cm³/mol. The molecule has 1 aromatic heterocycles. The number of benzene rings is 1. The molecule has 2 fully saturated rings. The lowest BCUT2D eigenvalue weighted by molar-refractivity contribution is 0.556. The Hall–Kier alpha value is -2.64. The highest BCUT2D eigenvalue weighted by atomic mass is 19.1. The molecule has 27 heavy (non-hydrogen) atoms. The van der Waals surface area contributed by atoms with Gasteiger partial charge < -0.3 is 9.80 Å². The Morgan fingerprint density at radius 2 is 1.26 bits per heavy atom. The lowest BCUT2D eigenvalue weighted by Crippen LogP contribution is -2.34. The van der Waals surface area contributed by atoms with Crippen LogP contribution in [-0.4, -0.2) is 41.1 Å². The van der Waals surface area contributed by atoms with E-state index in [1.54, 1.807) is 18.2 Å².